The molecule has 1 unspecified atom stereocenters. The van der Waals surface area contributed by atoms with Gasteiger partial charge in [0.2, 0.25) is 0 Å². The van der Waals surface area contributed by atoms with Crippen LogP contribution in [0.15, 0.2) is 12.7 Å². The zero-order chi connectivity index (χ0) is 16.2. The number of aromatic nitrogens is 8. The van der Waals surface area contributed by atoms with Crippen molar-refractivity contribution in [2.75, 3.05) is 23.0 Å². The van der Waals surface area contributed by atoms with Gasteiger partial charge in [0.25, 0.3) is 0 Å². The standard InChI is InChI=1S/C13H24N8S2/c1-2-3-7-22-8-4-9-23-10-13(21-12-15-17-19-21)5-6-20-11-14-16-18-20/h11-13H,2-10H2,1H3. The highest BCUT2D eigenvalue weighted by molar-refractivity contribution is 8.00. The zero-order valence-electron chi connectivity index (χ0n) is 13.5. The maximum atomic E-state index is 4.04. The maximum absolute atomic E-state index is 4.04. The van der Waals surface area contributed by atoms with E-state index in [2.05, 4.69) is 49.7 Å². The maximum Gasteiger partial charge on any atom is 0.138 e. The third-order valence-electron chi connectivity index (χ3n) is 3.35. The predicted octanol–water partition coefficient (Wildman–Crippen LogP) is 1.95. The van der Waals surface area contributed by atoms with Crippen LogP contribution in [0, 0.1) is 0 Å². The highest BCUT2D eigenvalue weighted by atomic mass is 32.2. The molecule has 8 nitrogen and oxygen atoms in total. The molecule has 0 N–H and O–H groups in total. The summed E-state index contributed by atoms with van der Waals surface area (Å²) in [5, 5.41) is 22.8. The Morgan fingerprint density at radius 2 is 1.74 bits per heavy atom. The van der Waals surface area contributed by atoms with Crippen LogP contribution >= 0.6 is 23.5 Å². The van der Waals surface area contributed by atoms with Gasteiger partial charge in [-0.3, -0.25) is 0 Å². The van der Waals surface area contributed by atoms with Gasteiger partial charge in [-0.15, -0.1) is 10.2 Å². The predicted molar refractivity (Wildman–Crippen MR) is 93.5 cm³/mol. The summed E-state index contributed by atoms with van der Waals surface area (Å²) in [6, 6.07) is 0.270. The van der Waals surface area contributed by atoms with Crippen molar-refractivity contribution in [1.29, 1.82) is 0 Å². The molecule has 0 saturated carbocycles. The Hall–Kier alpha value is -1.16. The SMILES string of the molecule is CCCCSCCCSCC(CCn1cnnn1)n1cnnn1. The fourth-order valence-corrected chi connectivity index (χ4v) is 4.36. The minimum Gasteiger partial charge on any atom is -0.232 e. The van der Waals surface area contributed by atoms with Crippen molar-refractivity contribution in [2.45, 2.75) is 45.2 Å². The number of hydrogen-bond donors (Lipinski definition) is 0. The Morgan fingerprint density at radius 3 is 2.48 bits per heavy atom. The summed E-state index contributed by atoms with van der Waals surface area (Å²) in [7, 11) is 0. The summed E-state index contributed by atoms with van der Waals surface area (Å²) in [5.41, 5.74) is 0. The van der Waals surface area contributed by atoms with Gasteiger partial charge in [-0.2, -0.15) is 23.5 Å². The van der Waals surface area contributed by atoms with Gasteiger partial charge < -0.3 is 0 Å². The first-order valence-electron chi connectivity index (χ1n) is 7.99. The van der Waals surface area contributed by atoms with E-state index in [1.807, 2.05) is 16.4 Å². The quantitative estimate of drug-likeness (QED) is 0.503. The van der Waals surface area contributed by atoms with E-state index < -0.39 is 0 Å². The van der Waals surface area contributed by atoms with Crippen molar-refractivity contribution in [1.82, 2.24) is 40.4 Å². The molecule has 0 aliphatic heterocycles. The summed E-state index contributed by atoms with van der Waals surface area (Å²) in [4.78, 5) is 0. The van der Waals surface area contributed by atoms with Crippen LogP contribution in [0.2, 0.25) is 0 Å². The Morgan fingerprint density at radius 1 is 0.957 bits per heavy atom. The third-order valence-corrected chi connectivity index (χ3v) is 5.70. The number of unbranched alkanes of at least 4 members (excludes halogenated alkanes) is 1. The molecule has 1 atom stereocenters. The summed E-state index contributed by atoms with van der Waals surface area (Å²) < 4.78 is 3.58. The van der Waals surface area contributed by atoms with E-state index in [4.69, 9.17) is 0 Å². The van der Waals surface area contributed by atoms with Gasteiger partial charge in [-0.25, -0.2) is 9.36 Å². The van der Waals surface area contributed by atoms with Crippen molar-refractivity contribution in [2.24, 2.45) is 0 Å². The Bertz CT molecular complexity index is 490. The van der Waals surface area contributed by atoms with Gasteiger partial charge in [0, 0.05) is 12.3 Å². The minimum absolute atomic E-state index is 0.270. The topological polar surface area (TPSA) is 87.2 Å². The minimum atomic E-state index is 0.270. The fourth-order valence-electron chi connectivity index (χ4n) is 2.02. The Kier molecular flexibility index (Phi) is 9.00. The van der Waals surface area contributed by atoms with Crippen LogP contribution in [-0.2, 0) is 6.54 Å². The average molecular weight is 357 g/mol. The monoisotopic (exact) mass is 356 g/mol. The molecule has 0 radical (unpaired) electrons. The molecule has 0 amide bonds. The molecule has 2 aromatic heterocycles. The number of nitrogens with zero attached hydrogens (tertiary/aromatic N) is 8. The number of aryl methyl sites for hydroxylation is 1. The first-order valence-corrected chi connectivity index (χ1v) is 10.3. The van der Waals surface area contributed by atoms with Gasteiger partial charge in [0.1, 0.15) is 12.7 Å². The smallest absolute Gasteiger partial charge is 0.138 e. The van der Waals surface area contributed by atoms with Crippen molar-refractivity contribution < 1.29 is 0 Å². The van der Waals surface area contributed by atoms with Crippen molar-refractivity contribution >= 4 is 23.5 Å². The molecule has 0 aliphatic rings. The highest BCUT2D eigenvalue weighted by Gasteiger charge is 2.13. The molecule has 0 saturated heterocycles. The van der Waals surface area contributed by atoms with Crippen LogP contribution in [0.4, 0.5) is 0 Å². The lowest BCUT2D eigenvalue weighted by Gasteiger charge is -2.15. The molecule has 2 heterocycles. The molecule has 2 aromatic rings. The van der Waals surface area contributed by atoms with Crippen LogP contribution in [0.5, 0.6) is 0 Å². The van der Waals surface area contributed by atoms with E-state index in [1.165, 1.54) is 36.5 Å². The normalized spacial score (nSPS) is 12.6. The Labute approximate surface area is 145 Å². The summed E-state index contributed by atoms with van der Waals surface area (Å²) in [5.74, 6) is 4.74. The lowest BCUT2D eigenvalue weighted by molar-refractivity contribution is 0.409. The van der Waals surface area contributed by atoms with Crippen molar-refractivity contribution in [3.8, 4) is 0 Å². The molecule has 0 aromatic carbocycles. The molecule has 128 valence electrons. The van der Waals surface area contributed by atoms with Crippen molar-refractivity contribution in [3.63, 3.8) is 0 Å². The lowest BCUT2D eigenvalue weighted by Crippen LogP contribution is -2.16. The fraction of sp³-hybridized carbons (Fsp3) is 0.846. The molecule has 2 rings (SSSR count). The van der Waals surface area contributed by atoms with E-state index in [1.54, 1.807) is 17.3 Å². The molecule has 0 aliphatic carbocycles. The van der Waals surface area contributed by atoms with Crippen LogP contribution in [0.25, 0.3) is 0 Å². The van der Waals surface area contributed by atoms with Gasteiger partial charge in [0.15, 0.2) is 0 Å². The van der Waals surface area contributed by atoms with Crippen LogP contribution < -0.4 is 0 Å². The summed E-state index contributed by atoms with van der Waals surface area (Å²) >= 11 is 4.04. The lowest BCUT2D eigenvalue weighted by atomic mass is 10.2. The van der Waals surface area contributed by atoms with E-state index in [9.17, 15) is 0 Å². The summed E-state index contributed by atoms with van der Waals surface area (Å²) in [6.45, 7) is 3.01. The second-order valence-electron chi connectivity index (χ2n) is 5.20. The Balaban J connectivity index is 1.64. The molecule has 0 bridgehead atoms. The van der Waals surface area contributed by atoms with Crippen LogP contribution in [-0.4, -0.2) is 63.4 Å². The molecule has 0 spiro atoms. The van der Waals surface area contributed by atoms with Gasteiger partial charge in [-0.05, 0) is 57.4 Å². The first-order chi connectivity index (χ1) is 11.4. The molecular weight excluding hydrogens is 332 g/mol. The number of hydrogen-bond acceptors (Lipinski definition) is 8. The molecule has 10 heteroatoms. The number of tetrazole rings is 2. The van der Waals surface area contributed by atoms with Gasteiger partial charge >= 0.3 is 0 Å². The first kappa shape index (κ1) is 18.2. The molecule has 0 fully saturated rings. The molecule has 23 heavy (non-hydrogen) atoms. The average Bonchev–Trinajstić information content (AvgIpc) is 3.26. The second-order valence-corrected chi connectivity index (χ2v) is 7.57. The van der Waals surface area contributed by atoms with Gasteiger partial charge in [-0.1, -0.05) is 13.3 Å². The second kappa shape index (κ2) is 11.4. The van der Waals surface area contributed by atoms with Gasteiger partial charge in [0.05, 0.1) is 6.04 Å². The number of thioether (sulfide) groups is 2. The van der Waals surface area contributed by atoms with Crippen molar-refractivity contribution in [3.05, 3.63) is 12.7 Å². The van der Waals surface area contributed by atoms with Crippen LogP contribution in [0.3, 0.4) is 0 Å². The van der Waals surface area contributed by atoms with Crippen LogP contribution in [0.1, 0.15) is 38.6 Å². The zero-order valence-corrected chi connectivity index (χ0v) is 15.1. The van der Waals surface area contributed by atoms with E-state index >= 15 is 0 Å². The van der Waals surface area contributed by atoms with E-state index in [0.29, 0.717) is 0 Å². The van der Waals surface area contributed by atoms with E-state index in [0.717, 1.165) is 18.7 Å². The van der Waals surface area contributed by atoms with E-state index in [-0.39, 0.29) is 6.04 Å². The summed E-state index contributed by atoms with van der Waals surface area (Å²) in [6.07, 6.45) is 8.11. The highest BCUT2D eigenvalue weighted by Crippen LogP contribution is 2.19. The third kappa shape index (κ3) is 7.30. The largest absolute Gasteiger partial charge is 0.232 e. The molecular formula is C13H24N8S2. The number of rotatable bonds is 13.